The van der Waals surface area contributed by atoms with Gasteiger partial charge in [-0.1, -0.05) is 19.1 Å². The molecule has 1 nitrogen and oxygen atoms in total. The summed E-state index contributed by atoms with van der Waals surface area (Å²) >= 11 is 0. The van der Waals surface area contributed by atoms with E-state index < -0.39 is 0 Å². The van der Waals surface area contributed by atoms with E-state index in [1.54, 1.807) is 5.57 Å². The minimum Gasteiger partial charge on any atom is -0.370 e. The maximum Gasteiger partial charge on any atom is 0.0919 e. The summed E-state index contributed by atoms with van der Waals surface area (Å²) in [7, 11) is 0. The van der Waals surface area contributed by atoms with E-state index in [0.717, 1.165) is 36.2 Å². The van der Waals surface area contributed by atoms with Crippen LogP contribution in [-0.4, -0.2) is 12.2 Å². The van der Waals surface area contributed by atoms with Gasteiger partial charge in [0.1, 0.15) is 0 Å². The second-order valence-corrected chi connectivity index (χ2v) is 9.25. The molecule has 5 aliphatic rings. The van der Waals surface area contributed by atoms with Gasteiger partial charge in [-0.3, -0.25) is 0 Å². The van der Waals surface area contributed by atoms with Crippen LogP contribution in [0.4, 0.5) is 0 Å². The van der Waals surface area contributed by atoms with Gasteiger partial charge < -0.3 is 4.74 Å². The van der Waals surface area contributed by atoms with Gasteiger partial charge in [0.05, 0.1) is 12.2 Å². The smallest absolute Gasteiger partial charge is 0.0919 e. The Hall–Kier alpha value is -0.300. The van der Waals surface area contributed by atoms with Crippen molar-refractivity contribution in [1.82, 2.24) is 0 Å². The van der Waals surface area contributed by atoms with Crippen molar-refractivity contribution in [3.8, 4) is 0 Å². The predicted octanol–water partition coefficient (Wildman–Crippen LogP) is 4.96. The molecule has 4 saturated carbocycles. The highest BCUT2D eigenvalue weighted by Gasteiger charge is 2.58. The van der Waals surface area contributed by atoms with Gasteiger partial charge in [-0.05, 0) is 92.8 Å². The van der Waals surface area contributed by atoms with E-state index in [1.165, 1.54) is 57.8 Å². The second kappa shape index (κ2) is 4.16. The molecule has 0 aromatic heterocycles. The molecule has 1 spiro atoms. The standard InChI is InChI=1S/C20H30O/c1-13-3-6-18-17-5-4-14-11-20(12-21-20)10-8-15(14)16(17)7-9-19(13,18)2/h14-18H,1,3-12H2,2H3/t14-,15+,16-,17-,18+,19-,20?/m1/s1. The van der Waals surface area contributed by atoms with Crippen LogP contribution in [0, 0.1) is 35.0 Å². The van der Waals surface area contributed by atoms with Crippen LogP contribution in [0.15, 0.2) is 12.2 Å². The number of hydrogen-bond donors (Lipinski definition) is 0. The molecule has 0 aromatic carbocycles. The van der Waals surface area contributed by atoms with E-state index in [0.29, 0.717) is 11.0 Å². The monoisotopic (exact) mass is 286 g/mol. The average molecular weight is 286 g/mol. The molecular formula is C20H30O. The predicted molar refractivity (Wildman–Crippen MR) is 84.9 cm³/mol. The lowest BCUT2D eigenvalue weighted by atomic mass is 9.50. The van der Waals surface area contributed by atoms with Gasteiger partial charge in [0, 0.05) is 0 Å². The molecule has 116 valence electrons. The quantitative estimate of drug-likeness (QED) is 0.453. The molecule has 1 heteroatoms. The second-order valence-electron chi connectivity index (χ2n) is 9.25. The number of rotatable bonds is 0. The number of hydrogen-bond acceptors (Lipinski definition) is 1. The van der Waals surface area contributed by atoms with E-state index in [1.807, 2.05) is 0 Å². The SMILES string of the molecule is C=C1CC[C@H]2[C@@H]3CC[C@@H]4CC5(CC[C@@H]4[C@H]3CC[C@]12C)CO5. The Bertz CT molecular complexity index is 476. The summed E-state index contributed by atoms with van der Waals surface area (Å²) in [6.07, 6.45) is 12.9. The maximum absolute atomic E-state index is 5.81. The fourth-order valence-corrected chi connectivity index (χ4v) is 7.22. The molecule has 0 amide bonds. The van der Waals surface area contributed by atoms with E-state index >= 15 is 0 Å². The van der Waals surface area contributed by atoms with Crippen molar-refractivity contribution < 1.29 is 4.74 Å². The van der Waals surface area contributed by atoms with Crippen molar-refractivity contribution in [1.29, 1.82) is 0 Å². The lowest BCUT2D eigenvalue weighted by molar-refractivity contribution is -0.0517. The molecule has 4 aliphatic carbocycles. The van der Waals surface area contributed by atoms with Crippen molar-refractivity contribution >= 4 is 0 Å². The molecule has 7 atom stereocenters. The topological polar surface area (TPSA) is 12.5 Å². The fraction of sp³-hybridized carbons (Fsp3) is 0.900. The third kappa shape index (κ3) is 1.73. The first-order valence-electron chi connectivity index (χ1n) is 9.44. The molecule has 21 heavy (non-hydrogen) atoms. The molecule has 5 rings (SSSR count). The van der Waals surface area contributed by atoms with Crippen molar-refractivity contribution in [2.45, 2.75) is 70.3 Å². The Morgan fingerprint density at radius 3 is 2.62 bits per heavy atom. The molecule has 1 aliphatic heterocycles. The van der Waals surface area contributed by atoms with Gasteiger partial charge in [-0.2, -0.15) is 0 Å². The van der Waals surface area contributed by atoms with Crippen LogP contribution in [0.5, 0.6) is 0 Å². The number of ether oxygens (including phenoxy) is 1. The van der Waals surface area contributed by atoms with Crippen molar-refractivity contribution in [2.24, 2.45) is 35.0 Å². The lowest BCUT2D eigenvalue weighted by Crippen LogP contribution is -2.48. The van der Waals surface area contributed by atoms with Crippen LogP contribution < -0.4 is 0 Å². The zero-order valence-electron chi connectivity index (χ0n) is 13.6. The van der Waals surface area contributed by atoms with Gasteiger partial charge in [-0.25, -0.2) is 0 Å². The summed E-state index contributed by atoms with van der Waals surface area (Å²) in [5, 5.41) is 0. The van der Waals surface area contributed by atoms with Crippen LogP contribution in [0.25, 0.3) is 0 Å². The van der Waals surface area contributed by atoms with Crippen molar-refractivity contribution in [3.63, 3.8) is 0 Å². The van der Waals surface area contributed by atoms with Crippen molar-refractivity contribution in [3.05, 3.63) is 12.2 Å². The molecular weight excluding hydrogens is 256 g/mol. The Balaban J connectivity index is 1.40. The van der Waals surface area contributed by atoms with E-state index in [2.05, 4.69) is 13.5 Å². The first-order chi connectivity index (χ1) is 10.1. The molecule has 0 bridgehead atoms. The van der Waals surface area contributed by atoms with Crippen molar-refractivity contribution in [2.75, 3.05) is 6.61 Å². The van der Waals surface area contributed by atoms with Crippen LogP contribution in [0.3, 0.4) is 0 Å². The number of fused-ring (bicyclic) bond motifs is 5. The number of epoxide rings is 1. The summed E-state index contributed by atoms with van der Waals surface area (Å²) in [6.45, 7) is 8.06. The molecule has 0 N–H and O–H groups in total. The third-order valence-electron chi connectivity index (χ3n) is 8.59. The normalized spacial score (nSPS) is 58.5. The lowest BCUT2D eigenvalue weighted by Gasteiger charge is -2.55. The Labute approximate surface area is 129 Å². The first kappa shape index (κ1) is 13.2. The highest BCUT2D eigenvalue weighted by Crippen LogP contribution is 2.64. The van der Waals surface area contributed by atoms with E-state index in [4.69, 9.17) is 4.74 Å². The van der Waals surface area contributed by atoms with E-state index in [9.17, 15) is 0 Å². The van der Waals surface area contributed by atoms with Crippen LogP contribution in [0.2, 0.25) is 0 Å². The molecule has 1 saturated heterocycles. The van der Waals surface area contributed by atoms with Crippen LogP contribution in [-0.2, 0) is 4.74 Å². The van der Waals surface area contributed by atoms with Gasteiger partial charge in [0.2, 0.25) is 0 Å². The third-order valence-corrected chi connectivity index (χ3v) is 8.59. The molecule has 0 aromatic rings. The average Bonchev–Trinajstić information content (AvgIpc) is 3.16. The first-order valence-corrected chi connectivity index (χ1v) is 9.44. The van der Waals surface area contributed by atoms with Gasteiger partial charge in [0.25, 0.3) is 0 Å². The fourth-order valence-electron chi connectivity index (χ4n) is 7.22. The number of allylic oxidation sites excluding steroid dienone is 1. The molecule has 5 fully saturated rings. The van der Waals surface area contributed by atoms with Gasteiger partial charge >= 0.3 is 0 Å². The molecule has 0 radical (unpaired) electrons. The summed E-state index contributed by atoms with van der Waals surface area (Å²) in [5.41, 5.74) is 2.46. The minimum absolute atomic E-state index is 0.374. The zero-order valence-corrected chi connectivity index (χ0v) is 13.6. The highest BCUT2D eigenvalue weighted by atomic mass is 16.6. The molecule has 1 unspecified atom stereocenters. The summed E-state index contributed by atoms with van der Waals surface area (Å²) < 4.78 is 5.81. The summed E-state index contributed by atoms with van der Waals surface area (Å²) in [5.74, 6) is 5.08. The largest absolute Gasteiger partial charge is 0.370 e. The highest BCUT2D eigenvalue weighted by molar-refractivity contribution is 5.20. The van der Waals surface area contributed by atoms with Gasteiger partial charge in [-0.15, -0.1) is 0 Å². The molecule has 1 heterocycles. The van der Waals surface area contributed by atoms with E-state index in [-0.39, 0.29) is 0 Å². The van der Waals surface area contributed by atoms with Crippen LogP contribution in [0.1, 0.15) is 64.7 Å². The maximum atomic E-state index is 5.81. The Morgan fingerprint density at radius 1 is 1.00 bits per heavy atom. The van der Waals surface area contributed by atoms with Gasteiger partial charge in [0.15, 0.2) is 0 Å². The summed E-state index contributed by atoms with van der Waals surface area (Å²) in [4.78, 5) is 0. The summed E-state index contributed by atoms with van der Waals surface area (Å²) in [6, 6.07) is 0. The van der Waals surface area contributed by atoms with Crippen LogP contribution >= 0.6 is 0 Å². The Morgan fingerprint density at radius 2 is 1.81 bits per heavy atom. The minimum atomic E-state index is 0.374. The Kier molecular flexibility index (Phi) is 2.61. The zero-order chi connectivity index (χ0) is 14.2.